The summed E-state index contributed by atoms with van der Waals surface area (Å²) in [4.78, 5) is 4.32. The van der Waals surface area contributed by atoms with Gasteiger partial charge in [-0.1, -0.05) is 30.3 Å². The van der Waals surface area contributed by atoms with Crippen molar-refractivity contribution in [3.63, 3.8) is 0 Å². The van der Waals surface area contributed by atoms with Crippen molar-refractivity contribution in [1.82, 2.24) is 15.2 Å². The largest absolute Gasteiger partial charge is 0.261 e. The summed E-state index contributed by atoms with van der Waals surface area (Å²) in [5, 5.41) is 8.23. The molecule has 0 bridgehead atoms. The lowest BCUT2D eigenvalue weighted by Crippen LogP contribution is -1.85. The van der Waals surface area contributed by atoms with E-state index in [9.17, 15) is 0 Å². The van der Waals surface area contributed by atoms with Crippen LogP contribution in [0, 0.1) is 6.92 Å². The number of nitrogens with zero attached hydrogens (tertiary/aromatic N) is 2. The highest BCUT2D eigenvalue weighted by Crippen LogP contribution is 2.34. The Morgan fingerprint density at radius 1 is 1.18 bits per heavy atom. The second-order valence-electron chi connectivity index (χ2n) is 3.88. The van der Waals surface area contributed by atoms with Gasteiger partial charge in [0, 0.05) is 16.2 Å². The Labute approximate surface area is 107 Å². The molecule has 3 rings (SSSR count). The van der Waals surface area contributed by atoms with Crippen LogP contribution >= 0.6 is 15.9 Å². The minimum absolute atomic E-state index is 0.824. The molecule has 0 radical (unpaired) electrons. The zero-order valence-electron chi connectivity index (χ0n) is 9.24. The van der Waals surface area contributed by atoms with Crippen molar-refractivity contribution >= 4 is 27.0 Å². The van der Waals surface area contributed by atoms with Crippen LogP contribution in [0.15, 0.2) is 41.0 Å². The van der Waals surface area contributed by atoms with E-state index in [2.05, 4.69) is 43.2 Å². The number of aromatic nitrogens is 3. The number of hydrogen-bond acceptors (Lipinski definition) is 2. The summed E-state index contributed by atoms with van der Waals surface area (Å²) in [5.74, 6) is 0. The predicted octanol–water partition coefficient (Wildman–Crippen LogP) is 3.70. The maximum absolute atomic E-state index is 4.32. The topological polar surface area (TPSA) is 41.6 Å². The summed E-state index contributed by atoms with van der Waals surface area (Å²) in [6.45, 7) is 1.99. The molecule has 1 aromatic carbocycles. The van der Waals surface area contributed by atoms with Crippen LogP contribution in [0.2, 0.25) is 0 Å². The number of aryl methyl sites for hydroxylation is 1. The lowest BCUT2D eigenvalue weighted by molar-refractivity contribution is 1.05. The van der Waals surface area contributed by atoms with Crippen LogP contribution in [0.1, 0.15) is 5.69 Å². The first-order valence-corrected chi connectivity index (χ1v) is 6.11. The maximum atomic E-state index is 4.32. The van der Waals surface area contributed by atoms with Crippen LogP contribution in [-0.2, 0) is 0 Å². The van der Waals surface area contributed by atoms with E-state index in [4.69, 9.17) is 0 Å². The number of benzene rings is 1. The van der Waals surface area contributed by atoms with Crippen LogP contribution in [0.3, 0.4) is 0 Å². The Kier molecular flexibility index (Phi) is 2.44. The van der Waals surface area contributed by atoms with Crippen molar-refractivity contribution in [2.75, 3.05) is 0 Å². The van der Waals surface area contributed by atoms with Crippen LogP contribution in [-0.4, -0.2) is 15.2 Å². The molecule has 0 aliphatic heterocycles. The molecule has 0 fully saturated rings. The molecule has 0 aliphatic carbocycles. The normalized spacial score (nSPS) is 10.9. The van der Waals surface area contributed by atoms with E-state index < -0.39 is 0 Å². The van der Waals surface area contributed by atoms with Gasteiger partial charge in [-0.15, -0.1) is 0 Å². The monoisotopic (exact) mass is 287 g/mol. The lowest BCUT2D eigenvalue weighted by Gasteiger charge is -2.06. The van der Waals surface area contributed by atoms with Crippen LogP contribution < -0.4 is 0 Å². The van der Waals surface area contributed by atoms with Crippen LogP contribution in [0.5, 0.6) is 0 Å². The van der Waals surface area contributed by atoms with E-state index in [1.807, 2.05) is 31.3 Å². The number of pyridine rings is 1. The molecule has 17 heavy (non-hydrogen) atoms. The molecule has 3 aromatic rings. The molecule has 3 nitrogen and oxygen atoms in total. The summed E-state index contributed by atoms with van der Waals surface area (Å²) >= 11 is 3.57. The lowest BCUT2D eigenvalue weighted by atomic mass is 10.0. The first kappa shape index (κ1) is 10.5. The van der Waals surface area contributed by atoms with Crippen LogP contribution in [0.25, 0.3) is 22.2 Å². The number of rotatable bonds is 1. The molecule has 0 atom stereocenters. The fourth-order valence-electron chi connectivity index (χ4n) is 2.00. The Morgan fingerprint density at radius 2 is 1.94 bits per heavy atom. The summed E-state index contributed by atoms with van der Waals surface area (Å²) in [6.07, 6.45) is 1.81. The van der Waals surface area contributed by atoms with Crippen molar-refractivity contribution in [1.29, 1.82) is 0 Å². The summed E-state index contributed by atoms with van der Waals surface area (Å²) in [7, 11) is 0. The number of halogens is 1. The Bertz CT molecular complexity index is 674. The fourth-order valence-corrected chi connectivity index (χ4v) is 2.53. The van der Waals surface area contributed by atoms with Crippen molar-refractivity contribution in [3.8, 4) is 11.1 Å². The second kappa shape index (κ2) is 3.96. The number of hydrogen-bond donors (Lipinski definition) is 1. The van der Waals surface area contributed by atoms with Gasteiger partial charge in [0.05, 0.1) is 11.1 Å². The average molecular weight is 288 g/mol. The molecule has 0 unspecified atom stereocenters. The van der Waals surface area contributed by atoms with Crippen molar-refractivity contribution in [3.05, 3.63) is 46.7 Å². The zero-order valence-corrected chi connectivity index (χ0v) is 10.8. The van der Waals surface area contributed by atoms with Crippen molar-refractivity contribution in [2.45, 2.75) is 6.92 Å². The molecule has 1 N–H and O–H groups in total. The van der Waals surface area contributed by atoms with Gasteiger partial charge in [-0.05, 0) is 28.4 Å². The third-order valence-electron chi connectivity index (χ3n) is 2.79. The molecule has 2 aromatic heterocycles. The van der Waals surface area contributed by atoms with E-state index in [0.29, 0.717) is 0 Å². The fraction of sp³-hybridized carbons (Fsp3) is 0.0769. The third kappa shape index (κ3) is 1.65. The molecule has 2 heterocycles. The second-order valence-corrected chi connectivity index (χ2v) is 4.73. The highest BCUT2D eigenvalue weighted by molar-refractivity contribution is 9.10. The molecule has 0 saturated heterocycles. The van der Waals surface area contributed by atoms with E-state index in [-0.39, 0.29) is 0 Å². The van der Waals surface area contributed by atoms with E-state index in [1.54, 1.807) is 0 Å². The van der Waals surface area contributed by atoms with E-state index in [1.165, 1.54) is 0 Å². The van der Waals surface area contributed by atoms with Gasteiger partial charge >= 0.3 is 0 Å². The minimum Gasteiger partial charge on any atom is -0.261 e. The Hall–Kier alpha value is -1.68. The first-order valence-electron chi connectivity index (χ1n) is 5.32. The zero-order chi connectivity index (χ0) is 11.8. The minimum atomic E-state index is 0.824. The molecule has 84 valence electrons. The van der Waals surface area contributed by atoms with Gasteiger partial charge in [0.15, 0.2) is 5.65 Å². The smallest absolute Gasteiger partial charge is 0.156 e. The van der Waals surface area contributed by atoms with Gasteiger partial charge in [-0.25, -0.2) is 4.98 Å². The van der Waals surface area contributed by atoms with Gasteiger partial charge in [-0.2, -0.15) is 5.10 Å². The van der Waals surface area contributed by atoms with Gasteiger partial charge in [0.25, 0.3) is 0 Å². The van der Waals surface area contributed by atoms with Crippen LogP contribution in [0.4, 0.5) is 0 Å². The number of nitrogens with one attached hydrogen (secondary N) is 1. The highest BCUT2D eigenvalue weighted by Gasteiger charge is 2.13. The summed E-state index contributed by atoms with van der Waals surface area (Å²) in [6, 6.07) is 10.3. The number of H-pyrrole nitrogens is 1. The predicted molar refractivity (Wildman–Crippen MR) is 71.8 cm³/mol. The summed E-state index contributed by atoms with van der Waals surface area (Å²) in [5.41, 5.74) is 4.09. The van der Waals surface area contributed by atoms with Gasteiger partial charge in [0.2, 0.25) is 0 Å². The van der Waals surface area contributed by atoms with Crippen molar-refractivity contribution in [2.24, 2.45) is 0 Å². The number of aromatic amines is 1. The molecule has 4 heteroatoms. The SMILES string of the molecule is Cc1n[nH]c2ncc(Br)c(-c3ccccc3)c12. The average Bonchev–Trinajstić information content (AvgIpc) is 2.73. The Balaban J connectivity index is 2.42. The first-order chi connectivity index (χ1) is 8.27. The number of fused-ring (bicyclic) bond motifs is 1. The summed E-state index contributed by atoms with van der Waals surface area (Å²) < 4.78 is 0.987. The molecular formula is C13H10BrN3. The van der Waals surface area contributed by atoms with Crippen molar-refractivity contribution < 1.29 is 0 Å². The molecule has 0 saturated carbocycles. The van der Waals surface area contributed by atoms with Gasteiger partial charge in [0.1, 0.15) is 0 Å². The molecule has 0 amide bonds. The van der Waals surface area contributed by atoms with E-state index >= 15 is 0 Å². The standard InChI is InChI=1S/C13H10BrN3/c1-8-11-12(9-5-3-2-4-6-9)10(14)7-15-13(11)17-16-8/h2-7H,1H3,(H,15,16,17). The molecule has 0 aliphatic rings. The van der Waals surface area contributed by atoms with Gasteiger partial charge < -0.3 is 0 Å². The molecular weight excluding hydrogens is 278 g/mol. The molecule has 0 spiro atoms. The van der Waals surface area contributed by atoms with Gasteiger partial charge in [-0.3, -0.25) is 5.10 Å². The maximum Gasteiger partial charge on any atom is 0.156 e. The third-order valence-corrected chi connectivity index (χ3v) is 3.39. The quantitative estimate of drug-likeness (QED) is 0.742. The Morgan fingerprint density at radius 3 is 2.71 bits per heavy atom. The highest BCUT2D eigenvalue weighted by atomic mass is 79.9. The van der Waals surface area contributed by atoms with E-state index in [0.717, 1.165) is 32.3 Å².